The van der Waals surface area contributed by atoms with Gasteiger partial charge in [-0.25, -0.2) is 9.18 Å². The average molecular weight is 445 g/mol. The van der Waals surface area contributed by atoms with Crippen molar-refractivity contribution in [1.82, 2.24) is 10.2 Å². The van der Waals surface area contributed by atoms with Crippen LogP contribution in [0, 0.1) is 5.82 Å². The van der Waals surface area contributed by atoms with Crippen LogP contribution < -0.4 is 9.80 Å². The van der Waals surface area contributed by atoms with Crippen molar-refractivity contribution in [3.8, 4) is 0 Å². The summed E-state index contributed by atoms with van der Waals surface area (Å²) < 4.78 is 13.8. The molecule has 4 aromatic rings. The minimum atomic E-state index is -0.946. The predicted molar refractivity (Wildman–Crippen MR) is 128 cm³/mol. The van der Waals surface area contributed by atoms with Gasteiger partial charge in [-0.3, -0.25) is 5.10 Å². The Morgan fingerprint density at radius 2 is 1.70 bits per heavy atom. The molecule has 0 fully saturated rings. The quantitative estimate of drug-likeness (QED) is 0.381. The van der Waals surface area contributed by atoms with Gasteiger partial charge in [-0.05, 0) is 73.5 Å². The fraction of sp³-hybridized carbons (Fsp3) is 0.231. The number of benzene rings is 3. The smallest absolute Gasteiger partial charge is 0.335 e. The molecule has 0 bridgehead atoms. The molecule has 0 unspecified atom stereocenters. The number of anilines is 4. The van der Waals surface area contributed by atoms with Gasteiger partial charge in [0.2, 0.25) is 0 Å². The molecule has 2 N–H and O–H groups in total. The van der Waals surface area contributed by atoms with Crippen molar-refractivity contribution in [2.75, 3.05) is 16.3 Å². The molecule has 3 aromatic carbocycles. The van der Waals surface area contributed by atoms with Crippen LogP contribution in [0.1, 0.15) is 37.0 Å². The molecule has 0 atom stereocenters. The molecule has 7 heteroatoms. The normalized spacial score (nSPS) is 15.0. The molecule has 0 aliphatic carbocycles. The molecule has 5 rings (SSSR count). The Kier molecular flexibility index (Phi) is 5.04. The summed E-state index contributed by atoms with van der Waals surface area (Å²) in [6.07, 6.45) is 3.54. The zero-order valence-corrected chi connectivity index (χ0v) is 18.5. The van der Waals surface area contributed by atoms with Crippen molar-refractivity contribution in [2.45, 2.75) is 32.2 Å². The number of aromatic carboxylic acids is 1. The molecule has 0 saturated carbocycles. The molecule has 0 saturated heterocycles. The van der Waals surface area contributed by atoms with E-state index in [-0.39, 0.29) is 16.9 Å². The maximum absolute atomic E-state index is 13.8. The van der Waals surface area contributed by atoms with Crippen molar-refractivity contribution in [2.24, 2.45) is 0 Å². The molecule has 6 nitrogen and oxygen atoms in total. The number of nitrogens with one attached hydrogen (secondary N) is 1. The van der Waals surface area contributed by atoms with E-state index < -0.39 is 5.97 Å². The first kappa shape index (κ1) is 21.0. The number of carbonyl (C=O) groups is 1. The van der Waals surface area contributed by atoms with Crippen molar-refractivity contribution >= 4 is 39.6 Å². The monoisotopic (exact) mass is 444 g/mol. The second-order valence-electron chi connectivity index (χ2n) is 8.48. The van der Waals surface area contributed by atoms with Crippen molar-refractivity contribution in [3.05, 3.63) is 78.2 Å². The summed E-state index contributed by atoms with van der Waals surface area (Å²) in [5.41, 5.74) is 4.76. The van der Waals surface area contributed by atoms with E-state index in [0.29, 0.717) is 6.54 Å². The highest BCUT2D eigenvalue weighted by Gasteiger charge is 2.43. The summed E-state index contributed by atoms with van der Waals surface area (Å²) in [6.45, 7) is 5.04. The standard InChI is InChI=1S/C26H25FN4O2/c1-3-26(4-2)16-30(20-9-5-17(6-10-20)25(32)33)23-14-22-18(15-28-29-22)13-24(23)31(26)21-11-7-19(27)8-12-21/h5-15H,3-4,16H2,1-2H3,(H,28,29)(H,32,33). The zero-order chi connectivity index (χ0) is 23.2. The molecule has 168 valence electrons. The highest BCUT2D eigenvalue weighted by atomic mass is 19.1. The molecule has 0 spiro atoms. The highest BCUT2D eigenvalue weighted by molar-refractivity contribution is 5.96. The van der Waals surface area contributed by atoms with E-state index in [2.05, 4.69) is 46.0 Å². The predicted octanol–water partition coefficient (Wildman–Crippen LogP) is 6.25. The highest BCUT2D eigenvalue weighted by Crippen LogP contribution is 2.50. The molecule has 1 aliphatic heterocycles. The molecule has 1 aromatic heterocycles. The van der Waals surface area contributed by atoms with E-state index in [1.807, 2.05) is 24.3 Å². The fourth-order valence-corrected chi connectivity index (χ4v) is 4.88. The van der Waals surface area contributed by atoms with Crippen molar-refractivity contribution in [1.29, 1.82) is 0 Å². The third-order valence-corrected chi connectivity index (χ3v) is 6.82. The molecule has 0 radical (unpaired) electrons. The first-order valence-electron chi connectivity index (χ1n) is 11.1. The molecule has 2 heterocycles. The van der Waals surface area contributed by atoms with Crippen LogP contribution in [-0.4, -0.2) is 33.4 Å². The van der Waals surface area contributed by atoms with Gasteiger partial charge in [0.1, 0.15) is 5.82 Å². The van der Waals surface area contributed by atoms with E-state index >= 15 is 0 Å². The Morgan fingerprint density at radius 3 is 2.33 bits per heavy atom. The van der Waals surface area contributed by atoms with Gasteiger partial charge in [-0.1, -0.05) is 13.8 Å². The Labute approximate surface area is 191 Å². The van der Waals surface area contributed by atoms with Gasteiger partial charge in [0.25, 0.3) is 0 Å². The largest absolute Gasteiger partial charge is 0.478 e. The van der Waals surface area contributed by atoms with Gasteiger partial charge in [-0.15, -0.1) is 0 Å². The molecule has 1 aliphatic rings. The summed E-state index contributed by atoms with van der Waals surface area (Å²) in [5.74, 6) is -1.21. The summed E-state index contributed by atoms with van der Waals surface area (Å²) in [5, 5.41) is 17.6. The zero-order valence-electron chi connectivity index (χ0n) is 18.5. The number of fused-ring (bicyclic) bond motifs is 2. The number of aromatic amines is 1. The fourth-order valence-electron chi connectivity index (χ4n) is 4.88. The third kappa shape index (κ3) is 3.40. The van der Waals surface area contributed by atoms with Crippen molar-refractivity contribution in [3.63, 3.8) is 0 Å². The van der Waals surface area contributed by atoms with Gasteiger partial charge >= 0.3 is 5.97 Å². The van der Waals surface area contributed by atoms with Crippen LogP contribution in [0.15, 0.2) is 66.9 Å². The molecular formula is C26H25FN4O2. The SMILES string of the molecule is CCC1(CC)CN(c2ccc(C(=O)O)cc2)c2cc3[nH]ncc3cc2N1c1ccc(F)cc1. The second-order valence-corrected chi connectivity index (χ2v) is 8.48. The average Bonchev–Trinajstić information content (AvgIpc) is 3.30. The van der Waals surface area contributed by atoms with Crippen LogP contribution in [-0.2, 0) is 0 Å². The van der Waals surface area contributed by atoms with Crippen LogP contribution >= 0.6 is 0 Å². The number of hydrogen-bond acceptors (Lipinski definition) is 4. The maximum atomic E-state index is 13.8. The van der Waals surface area contributed by atoms with Gasteiger partial charge in [0.15, 0.2) is 0 Å². The second kappa shape index (κ2) is 7.92. The minimum Gasteiger partial charge on any atom is -0.478 e. The Hall–Kier alpha value is -3.87. The molecule has 0 amide bonds. The number of hydrogen-bond donors (Lipinski definition) is 2. The van der Waals surface area contributed by atoms with Gasteiger partial charge in [0.05, 0.1) is 34.2 Å². The first-order chi connectivity index (χ1) is 16.0. The summed E-state index contributed by atoms with van der Waals surface area (Å²) in [7, 11) is 0. The van der Waals surface area contributed by atoms with Crippen LogP contribution in [0.4, 0.5) is 27.1 Å². The van der Waals surface area contributed by atoms with Crippen molar-refractivity contribution < 1.29 is 14.3 Å². The number of carboxylic acids is 1. The number of halogens is 1. The summed E-state index contributed by atoms with van der Waals surface area (Å²) >= 11 is 0. The van der Waals surface area contributed by atoms with Gasteiger partial charge in [-0.2, -0.15) is 5.10 Å². The van der Waals surface area contributed by atoms with E-state index in [0.717, 1.165) is 46.5 Å². The van der Waals surface area contributed by atoms with Crippen LogP contribution in [0.2, 0.25) is 0 Å². The lowest BCUT2D eigenvalue weighted by Gasteiger charge is -2.53. The Balaban J connectivity index is 1.75. The number of aromatic nitrogens is 2. The van der Waals surface area contributed by atoms with Gasteiger partial charge < -0.3 is 14.9 Å². The topological polar surface area (TPSA) is 72.5 Å². The van der Waals surface area contributed by atoms with Crippen LogP contribution in [0.25, 0.3) is 10.9 Å². The van der Waals surface area contributed by atoms with E-state index in [4.69, 9.17) is 0 Å². The maximum Gasteiger partial charge on any atom is 0.335 e. The molecular weight excluding hydrogens is 419 g/mol. The van der Waals surface area contributed by atoms with E-state index in [1.54, 1.807) is 18.3 Å². The summed E-state index contributed by atoms with van der Waals surface area (Å²) in [6, 6.07) is 17.8. The number of rotatable bonds is 5. The van der Waals surface area contributed by atoms with Crippen LogP contribution in [0.5, 0.6) is 0 Å². The lowest BCUT2D eigenvalue weighted by molar-refractivity contribution is 0.0697. The number of nitrogens with zero attached hydrogens (tertiary/aromatic N) is 3. The number of carboxylic acid groups (broad SMARTS) is 1. The van der Waals surface area contributed by atoms with Gasteiger partial charge in [0, 0.05) is 23.3 Å². The van der Waals surface area contributed by atoms with E-state index in [1.165, 1.54) is 12.1 Å². The number of H-pyrrole nitrogens is 1. The third-order valence-electron chi connectivity index (χ3n) is 6.82. The first-order valence-corrected chi connectivity index (χ1v) is 11.1. The van der Waals surface area contributed by atoms with Crippen LogP contribution in [0.3, 0.4) is 0 Å². The Morgan fingerprint density at radius 1 is 1.03 bits per heavy atom. The molecule has 33 heavy (non-hydrogen) atoms. The van der Waals surface area contributed by atoms with E-state index in [9.17, 15) is 14.3 Å². The lowest BCUT2D eigenvalue weighted by atomic mass is 9.85. The summed E-state index contributed by atoms with van der Waals surface area (Å²) in [4.78, 5) is 15.9. The minimum absolute atomic E-state index is 0.255. The lowest BCUT2D eigenvalue weighted by Crippen LogP contribution is -2.56. The Bertz CT molecular complexity index is 1310.